The van der Waals surface area contributed by atoms with Gasteiger partial charge in [-0.3, -0.25) is 14.6 Å². The summed E-state index contributed by atoms with van der Waals surface area (Å²) >= 11 is 0. The van der Waals surface area contributed by atoms with Crippen molar-refractivity contribution in [2.75, 3.05) is 18.0 Å². The van der Waals surface area contributed by atoms with E-state index >= 15 is 0 Å². The highest BCUT2D eigenvalue weighted by Gasteiger charge is 2.11. The molecule has 0 saturated heterocycles. The quantitative estimate of drug-likeness (QED) is 0.911. The van der Waals surface area contributed by atoms with E-state index in [4.69, 9.17) is 0 Å². The summed E-state index contributed by atoms with van der Waals surface area (Å²) in [6.45, 7) is 2.31. The van der Waals surface area contributed by atoms with Crippen molar-refractivity contribution in [3.63, 3.8) is 0 Å². The van der Waals surface area contributed by atoms with E-state index in [9.17, 15) is 9.59 Å². The number of benzene rings is 1. The Morgan fingerprint density at radius 3 is 2.52 bits per heavy atom. The average Bonchev–Trinajstić information content (AvgIpc) is 2.52. The lowest BCUT2D eigenvalue weighted by molar-refractivity contribution is -0.116. The van der Waals surface area contributed by atoms with E-state index < -0.39 is 0 Å². The van der Waals surface area contributed by atoms with Gasteiger partial charge >= 0.3 is 0 Å². The summed E-state index contributed by atoms with van der Waals surface area (Å²) in [5.41, 5.74) is 1.33. The monoisotopic (exact) mass is 283 g/mol. The van der Waals surface area contributed by atoms with Gasteiger partial charge in [0.15, 0.2) is 0 Å². The zero-order chi connectivity index (χ0) is 15.1. The number of pyridine rings is 1. The minimum atomic E-state index is -0.195. The van der Waals surface area contributed by atoms with E-state index in [-0.39, 0.29) is 11.8 Å². The zero-order valence-electron chi connectivity index (χ0n) is 11.8. The molecular weight excluding hydrogens is 266 g/mol. The molecule has 0 fully saturated rings. The summed E-state index contributed by atoms with van der Waals surface area (Å²) in [7, 11) is 0. The predicted molar refractivity (Wildman–Crippen MR) is 81.0 cm³/mol. The molecule has 5 heteroatoms. The molecule has 1 aromatic carbocycles. The van der Waals surface area contributed by atoms with Crippen molar-refractivity contribution in [1.82, 2.24) is 10.3 Å². The zero-order valence-corrected chi connectivity index (χ0v) is 11.8. The largest absolute Gasteiger partial charge is 0.350 e. The third kappa shape index (κ3) is 4.14. The van der Waals surface area contributed by atoms with E-state index in [1.807, 2.05) is 30.3 Å². The Labute approximate surface area is 123 Å². The molecule has 0 aliphatic rings. The molecule has 0 atom stereocenters. The van der Waals surface area contributed by atoms with Crippen LogP contribution < -0.4 is 10.2 Å². The van der Waals surface area contributed by atoms with E-state index in [0.717, 1.165) is 5.69 Å². The maximum atomic E-state index is 11.9. The average molecular weight is 283 g/mol. The number of hydrogen-bond donors (Lipinski definition) is 1. The van der Waals surface area contributed by atoms with Gasteiger partial charge in [-0.15, -0.1) is 0 Å². The van der Waals surface area contributed by atoms with E-state index in [2.05, 4.69) is 10.3 Å². The summed E-state index contributed by atoms with van der Waals surface area (Å²) in [6, 6.07) is 12.8. The molecule has 0 aliphatic carbocycles. The first kappa shape index (κ1) is 14.7. The van der Waals surface area contributed by atoms with E-state index in [1.165, 1.54) is 13.1 Å². The van der Waals surface area contributed by atoms with Gasteiger partial charge in [0.1, 0.15) is 0 Å². The topological polar surface area (TPSA) is 62.3 Å². The lowest BCUT2D eigenvalue weighted by Crippen LogP contribution is -2.37. The number of carbonyl (C=O) groups is 2. The molecule has 1 heterocycles. The third-order valence-electron chi connectivity index (χ3n) is 2.99. The van der Waals surface area contributed by atoms with Crippen molar-refractivity contribution in [3.05, 3.63) is 60.4 Å². The van der Waals surface area contributed by atoms with Crippen LogP contribution in [0.2, 0.25) is 0 Å². The van der Waals surface area contributed by atoms with Crippen LogP contribution in [-0.4, -0.2) is 29.9 Å². The molecule has 21 heavy (non-hydrogen) atoms. The highest BCUT2D eigenvalue weighted by molar-refractivity contribution is 5.94. The number of hydrogen-bond acceptors (Lipinski definition) is 3. The Bertz CT molecular complexity index is 599. The number of anilines is 1. The number of rotatable bonds is 5. The molecule has 0 radical (unpaired) electrons. The number of aromatic nitrogens is 1. The maximum Gasteiger partial charge on any atom is 0.252 e. The van der Waals surface area contributed by atoms with Crippen molar-refractivity contribution in [1.29, 1.82) is 0 Å². The van der Waals surface area contributed by atoms with Gasteiger partial charge in [0, 0.05) is 38.1 Å². The number of nitrogens with zero attached hydrogens (tertiary/aromatic N) is 2. The fourth-order valence-corrected chi connectivity index (χ4v) is 1.96. The summed E-state index contributed by atoms with van der Waals surface area (Å²) in [5, 5.41) is 2.78. The first-order valence-corrected chi connectivity index (χ1v) is 6.70. The van der Waals surface area contributed by atoms with Crippen LogP contribution in [0, 0.1) is 0 Å². The summed E-state index contributed by atoms with van der Waals surface area (Å²) in [5.74, 6) is -0.253. The van der Waals surface area contributed by atoms with Crippen molar-refractivity contribution in [2.45, 2.75) is 6.92 Å². The van der Waals surface area contributed by atoms with Crippen molar-refractivity contribution in [3.8, 4) is 0 Å². The number of para-hydroxylation sites is 1. The van der Waals surface area contributed by atoms with Crippen LogP contribution in [0.25, 0.3) is 0 Å². The van der Waals surface area contributed by atoms with Crippen molar-refractivity contribution in [2.24, 2.45) is 0 Å². The Morgan fingerprint density at radius 2 is 1.90 bits per heavy atom. The molecular formula is C16H17N3O2. The standard InChI is InChI=1S/C16H17N3O2/c1-13(20)19(15-7-3-2-4-8-15)11-10-18-16(21)14-6-5-9-17-12-14/h2-9,12H,10-11H2,1H3,(H,18,21). The highest BCUT2D eigenvalue weighted by atomic mass is 16.2. The number of amides is 2. The molecule has 0 aliphatic heterocycles. The van der Waals surface area contributed by atoms with Crippen LogP contribution >= 0.6 is 0 Å². The van der Waals surface area contributed by atoms with Gasteiger partial charge in [-0.2, -0.15) is 0 Å². The van der Waals surface area contributed by atoms with Gasteiger partial charge < -0.3 is 10.2 Å². The second-order valence-electron chi connectivity index (χ2n) is 4.50. The number of nitrogens with one attached hydrogen (secondary N) is 1. The fourth-order valence-electron chi connectivity index (χ4n) is 1.96. The van der Waals surface area contributed by atoms with Gasteiger partial charge in [-0.05, 0) is 24.3 Å². The lowest BCUT2D eigenvalue weighted by atomic mass is 10.2. The van der Waals surface area contributed by atoms with Crippen LogP contribution in [0.4, 0.5) is 5.69 Å². The Balaban J connectivity index is 1.92. The van der Waals surface area contributed by atoms with Crippen LogP contribution in [0.15, 0.2) is 54.9 Å². The maximum absolute atomic E-state index is 11.9. The van der Waals surface area contributed by atoms with Gasteiger partial charge in [0.05, 0.1) is 5.56 Å². The molecule has 2 amide bonds. The Morgan fingerprint density at radius 1 is 1.14 bits per heavy atom. The summed E-state index contributed by atoms with van der Waals surface area (Å²) < 4.78 is 0. The molecule has 1 N–H and O–H groups in total. The minimum Gasteiger partial charge on any atom is -0.350 e. The SMILES string of the molecule is CC(=O)N(CCNC(=O)c1cccnc1)c1ccccc1. The Hall–Kier alpha value is -2.69. The third-order valence-corrected chi connectivity index (χ3v) is 2.99. The predicted octanol–water partition coefficient (Wildman–Crippen LogP) is 1.86. The minimum absolute atomic E-state index is 0.0585. The molecule has 2 rings (SSSR count). The molecule has 108 valence electrons. The molecule has 2 aromatic rings. The van der Waals surface area contributed by atoms with E-state index in [1.54, 1.807) is 23.2 Å². The lowest BCUT2D eigenvalue weighted by Gasteiger charge is -2.21. The first-order valence-electron chi connectivity index (χ1n) is 6.70. The van der Waals surface area contributed by atoms with E-state index in [0.29, 0.717) is 18.7 Å². The summed E-state index contributed by atoms with van der Waals surface area (Å²) in [4.78, 5) is 29.1. The molecule has 5 nitrogen and oxygen atoms in total. The van der Waals surface area contributed by atoms with Crippen LogP contribution in [0.5, 0.6) is 0 Å². The first-order chi connectivity index (χ1) is 10.2. The molecule has 0 spiro atoms. The van der Waals surface area contributed by atoms with Gasteiger partial charge in [-0.25, -0.2) is 0 Å². The Kier molecular flexibility index (Phi) is 5.04. The second-order valence-corrected chi connectivity index (χ2v) is 4.50. The van der Waals surface area contributed by atoms with Crippen molar-refractivity contribution >= 4 is 17.5 Å². The normalized spacial score (nSPS) is 9.95. The van der Waals surface area contributed by atoms with Gasteiger partial charge in [0.25, 0.3) is 5.91 Å². The van der Waals surface area contributed by atoms with Gasteiger partial charge in [-0.1, -0.05) is 18.2 Å². The smallest absolute Gasteiger partial charge is 0.252 e. The van der Waals surface area contributed by atoms with Gasteiger partial charge in [0.2, 0.25) is 5.91 Å². The fraction of sp³-hybridized carbons (Fsp3) is 0.188. The van der Waals surface area contributed by atoms with Crippen molar-refractivity contribution < 1.29 is 9.59 Å². The van der Waals surface area contributed by atoms with Crippen LogP contribution in [0.1, 0.15) is 17.3 Å². The molecule has 0 saturated carbocycles. The summed E-state index contributed by atoms with van der Waals surface area (Å²) in [6.07, 6.45) is 3.12. The number of carbonyl (C=O) groups excluding carboxylic acids is 2. The molecule has 0 bridgehead atoms. The molecule has 0 unspecified atom stereocenters. The van der Waals surface area contributed by atoms with Crippen LogP contribution in [-0.2, 0) is 4.79 Å². The van der Waals surface area contributed by atoms with Crippen LogP contribution in [0.3, 0.4) is 0 Å². The molecule has 1 aromatic heterocycles. The highest BCUT2D eigenvalue weighted by Crippen LogP contribution is 2.12. The second kappa shape index (κ2) is 7.19.